The molecule has 1 aromatic heterocycles. The number of benzene rings is 2. The van der Waals surface area contributed by atoms with E-state index in [9.17, 15) is 13.7 Å². The van der Waals surface area contributed by atoms with Gasteiger partial charge in [0.1, 0.15) is 11.8 Å². The highest BCUT2D eigenvalue weighted by Crippen LogP contribution is 2.37. The van der Waals surface area contributed by atoms with Gasteiger partial charge in [-0.25, -0.2) is 8.42 Å². The Morgan fingerprint density at radius 1 is 1.17 bits per heavy atom. The van der Waals surface area contributed by atoms with Crippen LogP contribution >= 0.6 is 23.4 Å². The first-order valence-electron chi connectivity index (χ1n) is 6.58. The second kappa shape index (κ2) is 5.93. The van der Waals surface area contributed by atoms with Crippen molar-refractivity contribution in [1.29, 1.82) is 5.26 Å². The molecule has 0 aliphatic heterocycles. The topological polar surface area (TPSA) is 73.7 Å². The maximum absolute atomic E-state index is 11.7. The number of rotatable bonds is 3. The van der Waals surface area contributed by atoms with Crippen LogP contribution in [0.4, 0.5) is 0 Å². The summed E-state index contributed by atoms with van der Waals surface area (Å²) < 4.78 is 23.3. The second-order valence-corrected chi connectivity index (χ2v) is 8.51. The molecule has 0 fully saturated rings. The largest absolute Gasteiger partial charge is 0.345 e. The normalized spacial score (nSPS) is 11.5. The number of fused-ring (bicyclic) bond motifs is 1. The minimum absolute atomic E-state index is 0.221. The number of nitrogens with one attached hydrogen (secondary N) is 1. The first kappa shape index (κ1) is 15.9. The van der Waals surface area contributed by atoms with Gasteiger partial charge in [0.2, 0.25) is 0 Å². The zero-order chi connectivity index (χ0) is 16.6. The van der Waals surface area contributed by atoms with Crippen molar-refractivity contribution in [1.82, 2.24) is 4.98 Å². The van der Waals surface area contributed by atoms with Crippen LogP contribution in [0.5, 0.6) is 0 Å². The molecule has 0 amide bonds. The summed E-state index contributed by atoms with van der Waals surface area (Å²) >= 11 is 7.32. The molecule has 23 heavy (non-hydrogen) atoms. The van der Waals surface area contributed by atoms with Gasteiger partial charge >= 0.3 is 0 Å². The maximum atomic E-state index is 11.7. The van der Waals surface area contributed by atoms with Gasteiger partial charge in [-0.05, 0) is 36.4 Å². The zero-order valence-corrected chi connectivity index (χ0v) is 14.4. The van der Waals surface area contributed by atoms with Crippen LogP contribution in [0.3, 0.4) is 0 Å². The third-order valence-electron chi connectivity index (χ3n) is 3.30. The molecule has 0 saturated carbocycles. The molecule has 0 radical (unpaired) electrons. The van der Waals surface area contributed by atoms with Crippen LogP contribution in [0.25, 0.3) is 10.9 Å². The summed E-state index contributed by atoms with van der Waals surface area (Å²) in [6, 6.07) is 14.3. The Morgan fingerprint density at radius 2 is 1.87 bits per heavy atom. The van der Waals surface area contributed by atoms with Crippen LogP contribution in [-0.2, 0) is 9.84 Å². The van der Waals surface area contributed by atoms with E-state index in [2.05, 4.69) is 11.1 Å². The van der Waals surface area contributed by atoms with Crippen LogP contribution in [0, 0.1) is 11.3 Å². The molecule has 3 aromatic rings. The number of hydrogen-bond acceptors (Lipinski definition) is 4. The summed E-state index contributed by atoms with van der Waals surface area (Å²) in [6.07, 6.45) is 1.16. The van der Waals surface area contributed by atoms with Crippen LogP contribution in [0.15, 0.2) is 57.2 Å². The van der Waals surface area contributed by atoms with E-state index in [0.717, 1.165) is 21.4 Å². The molecule has 116 valence electrons. The van der Waals surface area contributed by atoms with E-state index >= 15 is 0 Å². The number of H-pyrrole nitrogens is 1. The van der Waals surface area contributed by atoms with Gasteiger partial charge in [0, 0.05) is 27.1 Å². The minimum atomic E-state index is -3.29. The highest BCUT2D eigenvalue weighted by molar-refractivity contribution is 7.99. The highest BCUT2D eigenvalue weighted by Gasteiger charge is 2.15. The molecule has 0 bridgehead atoms. The Morgan fingerprint density at radius 3 is 2.48 bits per heavy atom. The van der Waals surface area contributed by atoms with E-state index < -0.39 is 9.84 Å². The van der Waals surface area contributed by atoms with E-state index in [0.29, 0.717) is 16.2 Å². The van der Waals surface area contributed by atoms with Crippen LogP contribution in [-0.4, -0.2) is 19.7 Å². The molecule has 3 rings (SSSR count). The molecule has 1 heterocycles. The molecular weight excluding hydrogens is 352 g/mol. The fourth-order valence-electron chi connectivity index (χ4n) is 2.19. The third kappa shape index (κ3) is 3.22. The van der Waals surface area contributed by atoms with Crippen molar-refractivity contribution in [2.24, 2.45) is 0 Å². The van der Waals surface area contributed by atoms with Gasteiger partial charge in [0.15, 0.2) is 9.84 Å². The monoisotopic (exact) mass is 362 g/mol. The quantitative estimate of drug-likeness (QED) is 0.755. The maximum Gasteiger partial charge on any atom is 0.175 e. The number of hydrogen-bond donors (Lipinski definition) is 1. The van der Waals surface area contributed by atoms with E-state index in [1.165, 1.54) is 11.8 Å². The molecule has 2 aromatic carbocycles. The van der Waals surface area contributed by atoms with Crippen molar-refractivity contribution >= 4 is 44.1 Å². The van der Waals surface area contributed by atoms with E-state index in [1.54, 1.807) is 30.3 Å². The van der Waals surface area contributed by atoms with Crippen molar-refractivity contribution in [3.8, 4) is 6.07 Å². The van der Waals surface area contributed by atoms with Crippen LogP contribution in [0.1, 0.15) is 5.69 Å². The summed E-state index contributed by atoms with van der Waals surface area (Å²) in [7, 11) is -3.29. The summed E-state index contributed by atoms with van der Waals surface area (Å²) in [6.45, 7) is 0. The smallest absolute Gasteiger partial charge is 0.175 e. The van der Waals surface area contributed by atoms with Gasteiger partial charge < -0.3 is 4.98 Å². The van der Waals surface area contributed by atoms with E-state index in [-0.39, 0.29) is 4.90 Å². The predicted molar refractivity (Wildman–Crippen MR) is 91.7 cm³/mol. The average molecular weight is 363 g/mol. The first-order valence-corrected chi connectivity index (χ1v) is 9.66. The van der Waals surface area contributed by atoms with E-state index in [1.807, 2.05) is 12.1 Å². The van der Waals surface area contributed by atoms with Crippen LogP contribution in [0.2, 0.25) is 5.02 Å². The lowest BCUT2D eigenvalue weighted by molar-refractivity contribution is 0.602. The molecule has 4 nitrogen and oxygen atoms in total. The summed E-state index contributed by atoms with van der Waals surface area (Å²) in [4.78, 5) is 4.92. The van der Waals surface area contributed by atoms with E-state index in [4.69, 9.17) is 11.6 Å². The molecule has 1 N–H and O–H groups in total. The summed E-state index contributed by atoms with van der Waals surface area (Å²) in [5, 5.41) is 10.8. The lowest BCUT2D eigenvalue weighted by Crippen LogP contribution is -1.96. The summed E-state index contributed by atoms with van der Waals surface area (Å²) in [5.41, 5.74) is 1.03. The molecule has 0 spiro atoms. The van der Waals surface area contributed by atoms with Crippen molar-refractivity contribution < 1.29 is 8.42 Å². The Bertz CT molecular complexity index is 1030. The molecule has 0 atom stereocenters. The van der Waals surface area contributed by atoms with Crippen LogP contribution < -0.4 is 0 Å². The van der Waals surface area contributed by atoms with Gasteiger partial charge in [-0.3, -0.25) is 0 Å². The fraction of sp³-hybridized carbons (Fsp3) is 0.0625. The van der Waals surface area contributed by atoms with Crippen molar-refractivity contribution in [2.45, 2.75) is 14.7 Å². The van der Waals surface area contributed by atoms with Crippen molar-refractivity contribution in [3.63, 3.8) is 0 Å². The number of aromatic amines is 1. The van der Waals surface area contributed by atoms with Crippen molar-refractivity contribution in [2.75, 3.05) is 6.26 Å². The molecule has 7 heteroatoms. The zero-order valence-electron chi connectivity index (χ0n) is 12.0. The average Bonchev–Trinajstić information content (AvgIpc) is 2.86. The Hall–Kier alpha value is -1.94. The Labute approximate surface area is 143 Å². The molecule has 0 unspecified atom stereocenters. The summed E-state index contributed by atoms with van der Waals surface area (Å²) in [5.74, 6) is 0. The fourth-order valence-corrected chi connectivity index (χ4v) is 3.95. The van der Waals surface area contributed by atoms with Gasteiger partial charge in [0.25, 0.3) is 0 Å². The number of halogens is 1. The van der Waals surface area contributed by atoms with Crippen molar-refractivity contribution in [3.05, 3.63) is 53.2 Å². The standard InChI is InChI=1S/C16H11ClN2O2S2/c1-23(20,21)12-6-7-13-14(8-12)19-15(9-18)16(13)22-11-4-2-10(17)3-5-11/h2-8,19H,1H3. The number of sulfone groups is 1. The van der Waals surface area contributed by atoms with Gasteiger partial charge in [0.05, 0.1) is 9.79 Å². The lowest BCUT2D eigenvalue weighted by Gasteiger charge is -2.02. The molecule has 0 aliphatic carbocycles. The minimum Gasteiger partial charge on any atom is -0.345 e. The van der Waals surface area contributed by atoms with Gasteiger partial charge in [-0.15, -0.1) is 0 Å². The first-order chi connectivity index (χ1) is 10.9. The molecular formula is C16H11ClN2O2S2. The van der Waals surface area contributed by atoms with Gasteiger partial charge in [-0.1, -0.05) is 29.4 Å². The lowest BCUT2D eigenvalue weighted by atomic mass is 10.2. The Balaban J connectivity index is 2.12. The molecule has 0 aliphatic rings. The predicted octanol–water partition coefficient (Wildman–Crippen LogP) is 4.25. The number of nitrogens with zero attached hydrogens (tertiary/aromatic N) is 1. The Kier molecular flexibility index (Phi) is 4.11. The number of aromatic nitrogens is 1. The highest BCUT2D eigenvalue weighted by atomic mass is 35.5. The molecule has 0 saturated heterocycles. The third-order valence-corrected chi connectivity index (χ3v) is 5.79. The SMILES string of the molecule is CS(=O)(=O)c1ccc2c(Sc3ccc(Cl)cc3)c(C#N)[nH]c2c1. The number of nitriles is 1. The second-order valence-electron chi connectivity index (χ2n) is 4.98. The van der Waals surface area contributed by atoms with Gasteiger partial charge in [-0.2, -0.15) is 5.26 Å².